The molecule has 1 aromatic carbocycles. The van der Waals surface area contributed by atoms with E-state index in [0.29, 0.717) is 6.54 Å². The molecule has 0 radical (unpaired) electrons. The molecule has 0 saturated heterocycles. The van der Waals surface area contributed by atoms with E-state index in [9.17, 15) is 4.79 Å². The first kappa shape index (κ1) is 11.9. The Balaban J connectivity index is 2.58. The second-order valence-electron chi connectivity index (χ2n) is 4.31. The predicted octanol–water partition coefficient (Wildman–Crippen LogP) is 2.14. The Bertz CT molecular complexity index is 555. The van der Waals surface area contributed by atoms with Gasteiger partial charge in [-0.25, -0.2) is 0 Å². The lowest BCUT2D eigenvalue weighted by molar-refractivity contribution is 0.0995. The zero-order valence-corrected chi connectivity index (χ0v) is 10.6. The molecule has 0 spiro atoms. The Kier molecular flexibility index (Phi) is 3.29. The molecule has 17 heavy (non-hydrogen) atoms. The van der Waals surface area contributed by atoms with Crippen LogP contribution in [0.1, 0.15) is 22.8 Å². The number of carbonyl (C=O) groups excluding carboxylic acids is 1. The summed E-state index contributed by atoms with van der Waals surface area (Å²) in [5.41, 5.74) is 3.19. The molecule has 0 aliphatic heterocycles. The van der Waals surface area contributed by atoms with Crippen molar-refractivity contribution in [1.29, 1.82) is 0 Å². The predicted molar refractivity (Wildman–Crippen MR) is 70.6 cm³/mol. The van der Waals surface area contributed by atoms with Gasteiger partial charge in [-0.3, -0.25) is 4.79 Å². The standard InChI is InChI=1S/C14H18N2O/c1-4-10-5-6-13-11(7-10)12(9-16(13)3)14(17)8-15-2/h5-7,9,15H,4,8H2,1-3H3. The van der Waals surface area contributed by atoms with Crippen molar-refractivity contribution in [2.45, 2.75) is 13.3 Å². The molecule has 3 heteroatoms. The number of rotatable bonds is 4. The van der Waals surface area contributed by atoms with Crippen molar-refractivity contribution in [1.82, 2.24) is 9.88 Å². The summed E-state index contributed by atoms with van der Waals surface area (Å²) in [6, 6.07) is 6.33. The SMILES string of the molecule is CCc1ccc2c(c1)c(C(=O)CNC)cn2C. The smallest absolute Gasteiger partial charge is 0.178 e. The normalized spacial score (nSPS) is 11.0. The van der Waals surface area contributed by atoms with Crippen molar-refractivity contribution in [3.05, 3.63) is 35.5 Å². The van der Waals surface area contributed by atoms with Crippen LogP contribution in [-0.4, -0.2) is 23.9 Å². The van der Waals surface area contributed by atoms with E-state index in [4.69, 9.17) is 0 Å². The maximum absolute atomic E-state index is 12.0. The number of Topliss-reactive ketones (excluding diaryl/α,β-unsaturated/α-hetero) is 1. The van der Waals surface area contributed by atoms with Crippen LogP contribution in [0.15, 0.2) is 24.4 Å². The Labute approximate surface area is 101 Å². The van der Waals surface area contributed by atoms with Crippen LogP contribution in [0.5, 0.6) is 0 Å². The number of ketones is 1. The zero-order valence-electron chi connectivity index (χ0n) is 10.6. The fourth-order valence-corrected chi connectivity index (χ4v) is 2.14. The van der Waals surface area contributed by atoms with Crippen LogP contribution in [0.3, 0.4) is 0 Å². The number of aromatic nitrogens is 1. The van der Waals surface area contributed by atoms with Crippen molar-refractivity contribution in [3.8, 4) is 0 Å². The Morgan fingerprint density at radius 3 is 2.82 bits per heavy atom. The minimum Gasteiger partial charge on any atom is -0.350 e. The van der Waals surface area contributed by atoms with Crippen molar-refractivity contribution in [3.63, 3.8) is 0 Å². The minimum absolute atomic E-state index is 0.145. The molecule has 0 fully saturated rings. The summed E-state index contributed by atoms with van der Waals surface area (Å²) in [6.45, 7) is 2.51. The molecule has 2 rings (SSSR count). The van der Waals surface area contributed by atoms with Crippen molar-refractivity contribution < 1.29 is 4.79 Å². The molecular weight excluding hydrogens is 212 g/mol. The average molecular weight is 230 g/mol. The second-order valence-corrected chi connectivity index (χ2v) is 4.31. The van der Waals surface area contributed by atoms with Crippen LogP contribution < -0.4 is 5.32 Å². The van der Waals surface area contributed by atoms with Crippen LogP contribution >= 0.6 is 0 Å². The van der Waals surface area contributed by atoms with Gasteiger partial charge in [0, 0.05) is 29.7 Å². The monoisotopic (exact) mass is 230 g/mol. The minimum atomic E-state index is 0.145. The highest BCUT2D eigenvalue weighted by Gasteiger charge is 2.13. The molecule has 0 aliphatic carbocycles. The van der Waals surface area contributed by atoms with Crippen LogP contribution in [0.2, 0.25) is 0 Å². The van der Waals surface area contributed by atoms with Crippen LogP contribution in [-0.2, 0) is 13.5 Å². The topological polar surface area (TPSA) is 34.0 Å². The van der Waals surface area contributed by atoms with E-state index in [-0.39, 0.29) is 5.78 Å². The van der Waals surface area contributed by atoms with E-state index in [1.165, 1.54) is 5.56 Å². The van der Waals surface area contributed by atoms with Gasteiger partial charge in [0.2, 0.25) is 0 Å². The fourth-order valence-electron chi connectivity index (χ4n) is 2.14. The Morgan fingerprint density at radius 2 is 2.18 bits per heavy atom. The number of benzene rings is 1. The summed E-state index contributed by atoms with van der Waals surface area (Å²) in [4.78, 5) is 12.0. The third-order valence-electron chi connectivity index (χ3n) is 3.10. The molecule has 1 heterocycles. The van der Waals surface area contributed by atoms with E-state index in [0.717, 1.165) is 22.9 Å². The van der Waals surface area contributed by atoms with Gasteiger partial charge in [-0.05, 0) is 31.2 Å². The van der Waals surface area contributed by atoms with E-state index < -0.39 is 0 Å². The molecule has 90 valence electrons. The highest BCUT2D eigenvalue weighted by Crippen LogP contribution is 2.22. The van der Waals surface area contributed by atoms with Crippen LogP contribution in [0, 0.1) is 0 Å². The highest BCUT2D eigenvalue weighted by molar-refractivity contribution is 6.09. The third-order valence-corrected chi connectivity index (χ3v) is 3.10. The number of fused-ring (bicyclic) bond motifs is 1. The van der Waals surface area contributed by atoms with Crippen molar-refractivity contribution in [2.75, 3.05) is 13.6 Å². The van der Waals surface area contributed by atoms with Gasteiger partial charge in [0.25, 0.3) is 0 Å². The third kappa shape index (κ3) is 2.11. The molecule has 1 N–H and O–H groups in total. The van der Waals surface area contributed by atoms with E-state index in [1.807, 2.05) is 17.8 Å². The summed E-state index contributed by atoms with van der Waals surface area (Å²) in [5, 5.41) is 3.97. The molecule has 2 aromatic rings. The van der Waals surface area contributed by atoms with Gasteiger partial charge in [0.15, 0.2) is 5.78 Å². The van der Waals surface area contributed by atoms with Gasteiger partial charge < -0.3 is 9.88 Å². The largest absolute Gasteiger partial charge is 0.350 e. The summed E-state index contributed by atoms with van der Waals surface area (Å²) in [6.07, 6.45) is 2.91. The molecule has 0 unspecified atom stereocenters. The van der Waals surface area contributed by atoms with Gasteiger partial charge in [0.1, 0.15) is 0 Å². The van der Waals surface area contributed by atoms with Gasteiger partial charge in [-0.15, -0.1) is 0 Å². The highest BCUT2D eigenvalue weighted by atomic mass is 16.1. The number of carbonyl (C=O) groups is 1. The molecule has 0 bridgehead atoms. The lowest BCUT2D eigenvalue weighted by atomic mass is 10.1. The number of hydrogen-bond donors (Lipinski definition) is 1. The van der Waals surface area contributed by atoms with Crippen LogP contribution in [0.4, 0.5) is 0 Å². The van der Waals surface area contributed by atoms with Crippen molar-refractivity contribution in [2.24, 2.45) is 7.05 Å². The summed E-state index contributed by atoms with van der Waals surface area (Å²) in [5.74, 6) is 0.145. The molecule has 3 nitrogen and oxygen atoms in total. The number of nitrogens with zero attached hydrogens (tertiary/aromatic N) is 1. The molecule has 0 amide bonds. The van der Waals surface area contributed by atoms with Gasteiger partial charge >= 0.3 is 0 Å². The van der Waals surface area contributed by atoms with E-state index in [1.54, 1.807) is 7.05 Å². The Morgan fingerprint density at radius 1 is 1.41 bits per heavy atom. The van der Waals surface area contributed by atoms with E-state index in [2.05, 4.69) is 30.4 Å². The van der Waals surface area contributed by atoms with Gasteiger partial charge in [0.05, 0.1) is 6.54 Å². The molecule has 0 atom stereocenters. The number of nitrogens with one attached hydrogen (secondary N) is 1. The molecule has 0 saturated carbocycles. The maximum atomic E-state index is 12.0. The quantitative estimate of drug-likeness (QED) is 0.816. The first-order valence-electron chi connectivity index (χ1n) is 5.93. The Hall–Kier alpha value is -1.61. The average Bonchev–Trinajstić information content (AvgIpc) is 2.66. The molecule has 0 aliphatic rings. The van der Waals surface area contributed by atoms with Gasteiger partial charge in [-0.2, -0.15) is 0 Å². The van der Waals surface area contributed by atoms with Crippen molar-refractivity contribution >= 4 is 16.7 Å². The van der Waals surface area contributed by atoms with E-state index >= 15 is 0 Å². The maximum Gasteiger partial charge on any atom is 0.178 e. The van der Waals surface area contributed by atoms with Crippen LogP contribution in [0.25, 0.3) is 10.9 Å². The summed E-state index contributed by atoms with van der Waals surface area (Å²) >= 11 is 0. The molecule has 1 aromatic heterocycles. The van der Waals surface area contributed by atoms with Gasteiger partial charge in [-0.1, -0.05) is 13.0 Å². The molecular formula is C14H18N2O. The fraction of sp³-hybridized carbons (Fsp3) is 0.357. The zero-order chi connectivity index (χ0) is 12.4. The first-order valence-corrected chi connectivity index (χ1v) is 5.93. The lowest BCUT2D eigenvalue weighted by Gasteiger charge is -2.01. The summed E-state index contributed by atoms with van der Waals surface area (Å²) in [7, 11) is 3.77. The number of likely N-dealkylation sites (N-methyl/N-ethyl adjacent to an activating group) is 1. The number of aryl methyl sites for hydroxylation is 2. The first-order chi connectivity index (χ1) is 8.17. The second kappa shape index (κ2) is 4.72. The summed E-state index contributed by atoms with van der Waals surface area (Å²) < 4.78 is 2.01. The number of hydrogen-bond acceptors (Lipinski definition) is 2. The lowest BCUT2D eigenvalue weighted by Crippen LogP contribution is -2.18.